The number of nitrogens with zero attached hydrogens (tertiary/aromatic N) is 3. The molecular weight excluding hydrogens is 406 g/mol. The zero-order chi connectivity index (χ0) is 22.1. The first-order valence-corrected chi connectivity index (χ1v) is 11.2. The van der Waals surface area contributed by atoms with Gasteiger partial charge in [0.05, 0.1) is 42.7 Å². The van der Waals surface area contributed by atoms with Crippen molar-refractivity contribution in [3.05, 3.63) is 42.4 Å². The van der Waals surface area contributed by atoms with Crippen LogP contribution in [-0.2, 0) is 9.53 Å². The Morgan fingerprint density at radius 2 is 2.16 bits per heavy atom. The van der Waals surface area contributed by atoms with Gasteiger partial charge in [-0.25, -0.2) is 9.97 Å². The lowest BCUT2D eigenvalue weighted by atomic mass is 9.95. The number of para-hydroxylation sites is 1. The molecule has 1 aromatic carbocycles. The maximum absolute atomic E-state index is 12.4. The zero-order valence-corrected chi connectivity index (χ0v) is 18.5. The van der Waals surface area contributed by atoms with E-state index in [-0.39, 0.29) is 11.9 Å². The van der Waals surface area contributed by atoms with Crippen molar-refractivity contribution in [3.63, 3.8) is 0 Å². The lowest BCUT2D eigenvalue weighted by Gasteiger charge is -2.39. The number of hydrogen-bond donors (Lipinski definition) is 2. The molecule has 2 saturated heterocycles. The number of amides is 1. The van der Waals surface area contributed by atoms with E-state index in [0.717, 1.165) is 60.5 Å². The average Bonchev–Trinajstić information content (AvgIpc) is 3.50. The molecule has 168 valence electrons. The SMILES string of the molecule is COc1nc2ccccc2cc1-c1cnc([C@@H]2C[C@@H](N[C@H]3CCOC3)CCN2C(C)=O)[nH]1. The monoisotopic (exact) mass is 435 g/mol. The number of carbonyl (C=O) groups excluding carboxylic acids is 1. The van der Waals surface area contributed by atoms with Crippen molar-refractivity contribution in [1.82, 2.24) is 25.2 Å². The maximum Gasteiger partial charge on any atom is 0.223 e. The van der Waals surface area contributed by atoms with Crippen molar-refractivity contribution in [2.24, 2.45) is 0 Å². The van der Waals surface area contributed by atoms with Gasteiger partial charge in [0.1, 0.15) is 5.82 Å². The van der Waals surface area contributed by atoms with Crippen molar-refractivity contribution in [1.29, 1.82) is 0 Å². The Morgan fingerprint density at radius 1 is 1.28 bits per heavy atom. The Bertz CT molecular complexity index is 1110. The van der Waals surface area contributed by atoms with Gasteiger partial charge in [-0.2, -0.15) is 0 Å². The molecule has 1 amide bonds. The van der Waals surface area contributed by atoms with Crippen molar-refractivity contribution in [3.8, 4) is 17.1 Å². The molecule has 32 heavy (non-hydrogen) atoms. The number of rotatable bonds is 5. The minimum Gasteiger partial charge on any atom is -0.480 e. The summed E-state index contributed by atoms with van der Waals surface area (Å²) in [5, 5.41) is 4.75. The fraction of sp³-hybridized carbons (Fsp3) is 0.458. The summed E-state index contributed by atoms with van der Waals surface area (Å²) in [6, 6.07) is 10.6. The third kappa shape index (κ3) is 4.08. The predicted molar refractivity (Wildman–Crippen MR) is 121 cm³/mol. The summed E-state index contributed by atoms with van der Waals surface area (Å²) < 4.78 is 11.1. The highest BCUT2D eigenvalue weighted by Gasteiger charge is 2.34. The van der Waals surface area contributed by atoms with Gasteiger partial charge in [-0.15, -0.1) is 0 Å². The largest absolute Gasteiger partial charge is 0.480 e. The Morgan fingerprint density at radius 3 is 2.94 bits per heavy atom. The number of ether oxygens (including phenoxy) is 2. The molecule has 3 atom stereocenters. The highest BCUT2D eigenvalue weighted by molar-refractivity contribution is 5.85. The number of hydrogen-bond acceptors (Lipinski definition) is 6. The average molecular weight is 436 g/mol. The van der Waals surface area contributed by atoms with Crippen molar-refractivity contribution >= 4 is 16.8 Å². The van der Waals surface area contributed by atoms with Gasteiger partial charge < -0.3 is 24.7 Å². The van der Waals surface area contributed by atoms with E-state index in [1.807, 2.05) is 35.4 Å². The lowest BCUT2D eigenvalue weighted by molar-refractivity contribution is -0.133. The maximum atomic E-state index is 12.4. The topological polar surface area (TPSA) is 92.4 Å². The molecule has 8 heteroatoms. The van der Waals surface area contributed by atoms with E-state index in [1.54, 1.807) is 14.0 Å². The highest BCUT2D eigenvalue weighted by atomic mass is 16.5. The minimum absolute atomic E-state index is 0.0700. The molecule has 2 N–H and O–H groups in total. The Kier molecular flexibility index (Phi) is 5.80. The van der Waals surface area contributed by atoms with Crippen LogP contribution in [0.15, 0.2) is 36.5 Å². The molecule has 2 fully saturated rings. The smallest absolute Gasteiger partial charge is 0.223 e. The molecule has 8 nitrogen and oxygen atoms in total. The standard InChI is InChI=1S/C24H29N5O3/c1-15(30)29-9-7-17(26-18-8-10-32-14-18)12-22(29)23-25-13-21(27-23)19-11-16-5-3-4-6-20(16)28-24(19)31-2/h3-6,11,13,17-18,22,26H,7-10,12,14H2,1-2H3,(H,25,27)/t17-,18-,22-/m0/s1. The third-order valence-corrected chi connectivity index (χ3v) is 6.49. The summed E-state index contributed by atoms with van der Waals surface area (Å²) >= 11 is 0. The van der Waals surface area contributed by atoms with Crippen LogP contribution in [0.3, 0.4) is 0 Å². The van der Waals surface area contributed by atoms with Gasteiger partial charge in [-0.3, -0.25) is 4.79 Å². The van der Waals surface area contributed by atoms with Crippen LogP contribution in [0.1, 0.15) is 38.1 Å². The van der Waals surface area contributed by atoms with Gasteiger partial charge in [-0.05, 0) is 31.4 Å². The van der Waals surface area contributed by atoms with E-state index in [9.17, 15) is 4.79 Å². The first kappa shape index (κ1) is 20.9. The van der Waals surface area contributed by atoms with Gasteiger partial charge in [0.2, 0.25) is 11.8 Å². The number of likely N-dealkylation sites (tertiary alicyclic amines) is 1. The van der Waals surface area contributed by atoms with E-state index in [1.165, 1.54) is 0 Å². The number of piperidine rings is 1. The lowest BCUT2D eigenvalue weighted by Crippen LogP contribution is -2.49. The molecule has 0 aliphatic carbocycles. The minimum atomic E-state index is -0.103. The zero-order valence-electron chi connectivity index (χ0n) is 18.5. The number of methoxy groups -OCH3 is 1. The van der Waals surface area contributed by atoms with Gasteiger partial charge in [0.25, 0.3) is 0 Å². The van der Waals surface area contributed by atoms with Crippen LogP contribution in [0.4, 0.5) is 0 Å². The highest BCUT2D eigenvalue weighted by Crippen LogP contribution is 2.34. The second-order valence-corrected chi connectivity index (χ2v) is 8.60. The van der Waals surface area contributed by atoms with Crippen LogP contribution in [-0.4, -0.2) is 64.7 Å². The summed E-state index contributed by atoms with van der Waals surface area (Å²) in [7, 11) is 1.62. The Hall–Kier alpha value is -2.97. The number of aromatic nitrogens is 3. The molecule has 2 aliphatic rings. The second kappa shape index (κ2) is 8.88. The van der Waals surface area contributed by atoms with Crippen LogP contribution in [0.5, 0.6) is 5.88 Å². The number of benzene rings is 1. The van der Waals surface area contributed by atoms with Gasteiger partial charge in [0, 0.05) is 37.5 Å². The van der Waals surface area contributed by atoms with Crippen LogP contribution in [0, 0.1) is 0 Å². The molecular formula is C24H29N5O3. The van der Waals surface area contributed by atoms with E-state index >= 15 is 0 Å². The number of H-pyrrole nitrogens is 1. The van der Waals surface area contributed by atoms with E-state index in [2.05, 4.69) is 26.3 Å². The molecule has 4 heterocycles. The fourth-order valence-corrected chi connectivity index (χ4v) is 4.84. The first-order valence-electron chi connectivity index (χ1n) is 11.2. The number of carbonyl (C=O) groups is 1. The number of fused-ring (bicyclic) bond motifs is 1. The van der Waals surface area contributed by atoms with E-state index < -0.39 is 0 Å². The van der Waals surface area contributed by atoms with Gasteiger partial charge in [0.15, 0.2) is 0 Å². The molecule has 2 aliphatic heterocycles. The quantitative estimate of drug-likeness (QED) is 0.640. The number of nitrogens with one attached hydrogen (secondary N) is 2. The summed E-state index contributed by atoms with van der Waals surface area (Å²) in [6.07, 6.45) is 4.60. The van der Waals surface area contributed by atoms with Crippen molar-refractivity contribution < 1.29 is 14.3 Å². The van der Waals surface area contributed by atoms with Crippen LogP contribution >= 0.6 is 0 Å². The molecule has 2 aromatic heterocycles. The molecule has 0 bridgehead atoms. The number of imidazole rings is 1. The molecule has 0 unspecified atom stereocenters. The Balaban J connectivity index is 1.43. The predicted octanol–water partition coefficient (Wildman–Crippen LogP) is 3.06. The molecule has 3 aromatic rings. The molecule has 0 spiro atoms. The fourth-order valence-electron chi connectivity index (χ4n) is 4.84. The third-order valence-electron chi connectivity index (χ3n) is 6.49. The van der Waals surface area contributed by atoms with Gasteiger partial charge >= 0.3 is 0 Å². The molecule has 5 rings (SSSR count). The number of pyridine rings is 1. The van der Waals surface area contributed by atoms with Gasteiger partial charge in [-0.1, -0.05) is 18.2 Å². The van der Waals surface area contributed by atoms with Crippen molar-refractivity contribution in [2.45, 2.75) is 44.3 Å². The van der Waals surface area contributed by atoms with Crippen LogP contribution in [0.2, 0.25) is 0 Å². The summed E-state index contributed by atoms with van der Waals surface area (Å²) in [5.74, 6) is 1.41. The second-order valence-electron chi connectivity index (χ2n) is 8.60. The van der Waals surface area contributed by atoms with E-state index in [4.69, 9.17) is 9.47 Å². The van der Waals surface area contributed by atoms with Crippen LogP contribution < -0.4 is 10.1 Å². The molecule has 0 radical (unpaired) electrons. The Labute approximate surface area is 187 Å². The van der Waals surface area contributed by atoms with Crippen molar-refractivity contribution in [2.75, 3.05) is 26.9 Å². The van der Waals surface area contributed by atoms with Crippen LogP contribution in [0.25, 0.3) is 22.2 Å². The summed E-state index contributed by atoms with van der Waals surface area (Å²) in [5.41, 5.74) is 2.57. The normalized spacial score (nSPS) is 23.6. The summed E-state index contributed by atoms with van der Waals surface area (Å²) in [4.78, 5) is 27.1. The summed E-state index contributed by atoms with van der Waals surface area (Å²) in [6.45, 7) is 3.92. The van der Waals surface area contributed by atoms with E-state index in [0.29, 0.717) is 24.5 Å². The molecule has 0 saturated carbocycles. The first-order chi connectivity index (χ1) is 15.6. The number of aromatic amines is 1.